The number of aromatic nitrogens is 2. The molecule has 0 aromatic carbocycles. The average Bonchev–Trinajstić information content (AvgIpc) is 2.35. The van der Waals surface area contributed by atoms with Crippen LogP contribution in [0.15, 0.2) is 0 Å². The Morgan fingerprint density at radius 3 is 2.50 bits per heavy atom. The molecule has 5 heteroatoms. The van der Waals surface area contributed by atoms with Crippen molar-refractivity contribution in [2.24, 2.45) is 0 Å². The number of anilines is 1. The van der Waals surface area contributed by atoms with Crippen molar-refractivity contribution >= 4 is 28.4 Å². The van der Waals surface area contributed by atoms with Crippen molar-refractivity contribution in [2.45, 2.75) is 33.1 Å². The summed E-state index contributed by atoms with van der Waals surface area (Å²) in [6.45, 7) is 6.25. The molecule has 102 valence electrons. The standard InChI is InChI=1S/C13H23IN4/c1-5-8-15-13-12(14)10(6-2)16-11(17-13)7-9-18(3)4/h5-9H2,1-4H3,(H,15,16,17). The first-order chi connectivity index (χ1) is 8.58. The van der Waals surface area contributed by atoms with Crippen LogP contribution in [-0.2, 0) is 12.8 Å². The molecule has 0 saturated heterocycles. The van der Waals surface area contributed by atoms with Crippen LogP contribution >= 0.6 is 22.6 Å². The molecular weight excluding hydrogens is 339 g/mol. The third-order valence-corrected chi connectivity index (χ3v) is 3.76. The lowest BCUT2D eigenvalue weighted by atomic mass is 10.3. The molecular formula is C13H23IN4. The zero-order chi connectivity index (χ0) is 13.5. The van der Waals surface area contributed by atoms with Crippen molar-refractivity contribution in [3.63, 3.8) is 0 Å². The van der Waals surface area contributed by atoms with Gasteiger partial charge in [-0.15, -0.1) is 0 Å². The van der Waals surface area contributed by atoms with E-state index in [1.54, 1.807) is 0 Å². The lowest BCUT2D eigenvalue weighted by Gasteiger charge is -2.13. The van der Waals surface area contributed by atoms with Gasteiger partial charge in [0.25, 0.3) is 0 Å². The number of hydrogen-bond donors (Lipinski definition) is 1. The van der Waals surface area contributed by atoms with E-state index in [1.165, 1.54) is 0 Å². The lowest BCUT2D eigenvalue weighted by molar-refractivity contribution is 0.409. The minimum absolute atomic E-state index is 0.901. The molecule has 18 heavy (non-hydrogen) atoms. The van der Waals surface area contributed by atoms with Crippen LogP contribution in [0, 0.1) is 3.57 Å². The van der Waals surface area contributed by atoms with E-state index in [4.69, 9.17) is 0 Å². The van der Waals surface area contributed by atoms with Crippen LogP contribution < -0.4 is 5.32 Å². The lowest BCUT2D eigenvalue weighted by Crippen LogP contribution is -2.18. The number of rotatable bonds is 7. The fraction of sp³-hybridized carbons (Fsp3) is 0.692. The second-order valence-corrected chi connectivity index (χ2v) is 5.66. The fourth-order valence-electron chi connectivity index (χ4n) is 1.57. The third-order valence-electron chi connectivity index (χ3n) is 2.63. The maximum atomic E-state index is 4.65. The van der Waals surface area contributed by atoms with Gasteiger partial charge in [0.05, 0.1) is 9.26 Å². The summed E-state index contributed by atoms with van der Waals surface area (Å²) in [6.07, 6.45) is 2.96. The summed E-state index contributed by atoms with van der Waals surface area (Å²) < 4.78 is 1.16. The minimum Gasteiger partial charge on any atom is -0.369 e. The van der Waals surface area contributed by atoms with Gasteiger partial charge < -0.3 is 10.2 Å². The number of nitrogens with one attached hydrogen (secondary N) is 1. The number of aryl methyl sites for hydroxylation is 1. The summed E-state index contributed by atoms with van der Waals surface area (Å²) in [4.78, 5) is 11.4. The first kappa shape index (κ1) is 15.6. The highest BCUT2D eigenvalue weighted by Gasteiger charge is 2.10. The van der Waals surface area contributed by atoms with Crippen molar-refractivity contribution in [1.82, 2.24) is 14.9 Å². The zero-order valence-corrected chi connectivity index (χ0v) is 13.9. The van der Waals surface area contributed by atoms with Crippen LogP contribution in [0.1, 0.15) is 31.8 Å². The van der Waals surface area contributed by atoms with Crippen LogP contribution in [0.3, 0.4) is 0 Å². The van der Waals surface area contributed by atoms with E-state index in [0.717, 1.165) is 53.3 Å². The third kappa shape index (κ3) is 4.68. The summed E-state index contributed by atoms with van der Waals surface area (Å²) in [5.41, 5.74) is 1.15. The molecule has 0 spiro atoms. The molecule has 0 amide bonds. The summed E-state index contributed by atoms with van der Waals surface area (Å²) in [5.74, 6) is 1.94. The van der Waals surface area contributed by atoms with Gasteiger partial charge in [0, 0.05) is 19.5 Å². The molecule has 0 radical (unpaired) electrons. The highest BCUT2D eigenvalue weighted by molar-refractivity contribution is 14.1. The molecule has 1 heterocycles. The Hall–Kier alpha value is -0.430. The maximum Gasteiger partial charge on any atom is 0.143 e. The maximum absolute atomic E-state index is 4.65. The highest BCUT2D eigenvalue weighted by Crippen LogP contribution is 2.20. The zero-order valence-electron chi connectivity index (χ0n) is 11.8. The molecule has 4 nitrogen and oxygen atoms in total. The van der Waals surface area contributed by atoms with E-state index < -0.39 is 0 Å². The van der Waals surface area contributed by atoms with Crippen LogP contribution in [-0.4, -0.2) is 42.1 Å². The van der Waals surface area contributed by atoms with Gasteiger partial charge in [-0.25, -0.2) is 9.97 Å². The Morgan fingerprint density at radius 1 is 1.22 bits per heavy atom. The Morgan fingerprint density at radius 2 is 1.94 bits per heavy atom. The number of hydrogen-bond acceptors (Lipinski definition) is 4. The van der Waals surface area contributed by atoms with Gasteiger partial charge >= 0.3 is 0 Å². The van der Waals surface area contributed by atoms with Gasteiger partial charge in [0.2, 0.25) is 0 Å². The number of nitrogens with zero attached hydrogens (tertiary/aromatic N) is 3. The van der Waals surface area contributed by atoms with E-state index in [2.05, 4.69) is 70.7 Å². The molecule has 0 aliphatic rings. The molecule has 0 atom stereocenters. The Balaban J connectivity index is 2.90. The largest absolute Gasteiger partial charge is 0.369 e. The molecule has 0 aliphatic carbocycles. The van der Waals surface area contributed by atoms with Crippen molar-refractivity contribution in [3.05, 3.63) is 15.1 Å². The van der Waals surface area contributed by atoms with Crippen LogP contribution in [0.5, 0.6) is 0 Å². The van der Waals surface area contributed by atoms with E-state index in [1.807, 2.05) is 0 Å². The van der Waals surface area contributed by atoms with Gasteiger partial charge in [-0.1, -0.05) is 13.8 Å². The fourth-order valence-corrected chi connectivity index (χ4v) is 2.39. The van der Waals surface area contributed by atoms with Gasteiger partial charge in [0.15, 0.2) is 0 Å². The Labute approximate surface area is 124 Å². The van der Waals surface area contributed by atoms with E-state index in [9.17, 15) is 0 Å². The van der Waals surface area contributed by atoms with E-state index >= 15 is 0 Å². The average molecular weight is 362 g/mol. The van der Waals surface area contributed by atoms with Gasteiger partial charge in [-0.2, -0.15) is 0 Å². The monoisotopic (exact) mass is 362 g/mol. The molecule has 1 aromatic rings. The Kier molecular flexibility index (Phi) is 6.85. The molecule has 0 aliphatic heterocycles. The topological polar surface area (TPSA) is 41.1 Å². The first-order valence-corrected chi connectivity index (χ1v) is 7.60. The quantitative estimate of drug-likeness (QED) is 0.757. The summed E-state index contributed by atoms with van der Waals surface area (Å²) >= 11 is 2.34. The molecule has 0 fully saturated rings. The predicted molar refractivity (Wildman–Crippen MR) is 85.2 cm³/mol. The molecule has 1 aromatic heterocycles. The second kappa shape index (κ2) is 7.89. The van der Waals surface area contributed by atoms with Gasteiger partial charge in [-0.3, -0.25) is 0 Å². The SMILES string of the molecule is CCCNc1nc(CCN(C)C)nc(CC)c1I. The van der Waals surface area contributed by atoms with Crippen LogP contribution in [0.25, 0.3) is 0 Å². The number of halogens is 1. The van der Waals surface area contributed by atoms with Crippen molar-refractivity contribution in [1.29, 1.82) is 0 Å². The molecule has 1 rings (SSSR count). The van der Waals surface area contributed by atoms with Crippen molar-refractivity contribution < 1.29 is 0 Å². The van der Waals surface area contributed by atoms with Crippen molar-refractivity contribution in [3.8, 4) is 0 Å². The van der Waals surface area contributed by atoms with Gasteiger partial charge in [-0.05, 0) is 49.5 Å². The normalized spacial score (nSPS) is 11.0. The molecule has 1 N–H and O–H groups in total. The summed E-state index contributed by atoms with van der Waals surface area (Å²) in [7, 11) is 4.15. The molecule has 0 unspecified atom stereocenters. The first-order valence-electron chi connectivity index (χ1n) is 6.52. The van der Waals surface area contributed by atoms with Crippen LogP contribution in [0.4, 0.5) is 5.82 Å². The molecule has 0 saturated carbocycles. The van der Waals surface area contributed by atoms with E-state index in [0.29, 0.717) is 0 Å². The second-order valence-electron chi connectivity index (χ2n) is 4.58. The van der Waals surface area contributed by atoms with Crippen molar-refractivity contribution in [2.75, 3.05) is 32.5 Å². The smallest absolute Gasteiger partial charge is 0.143 e. The summed E-state index contributed by atoms with van der Waals surface area (Å²) in [6, 6.07) is 0. The Bertz CT molecular complexity index is 379. The number of likely N-dealkylation sites (N-methyl/N-ethyl adjacent to an activating group) is 1. The minimum atomic E-state index is 0.901. The summed E-state index contributed by atoms with van der Waals surface area (Å²) in [5, 5.41) is 3.39. The van der Waals surface area contributed by atoms with Gasteiger partial charge in [0.1, 0.15) is 11.6 Å². The highest BCUT2D eigenvalue weighted by atomic mass is 127. The molecule has 0 bridgehead atoms. The van der Waals surface area contributed by atoms with E-state index in [-0.39, 0.29) is 0 Å². The van der Waals surface area contributed by atoms with Crippen LogP contribution in [0.2, 0.25) is 0 Å². The predicted octanol–water partition coefficient (Wildman–Crippen LogP) is 2.57.